The lowest BCUT2D eigenvalue weighted by Gasteiger charge is -2.41. The summed E-state index contributed by atoms with van der Waals surface area (Å²) >= 11 is 0. The normalized spacial score (nSPS) is 27.5. The van der Waals surface area contributed by atoms with Crippen LogP contribution in [0.3, 0.4) is 0 Å². The summed E-state index contributed by atoms with van der Waals surface area (Å²) in [6.07, 6.45) is 5.65. The lowest BCUT2D eigenvalue weighted by atomic mass is 9.83. The number of likely N-dealkylation sites (N-methyl/N-ethyl adjacent to an activating group) is 2. The van der Waals surface area contributed by atoms with Crippen LogP contribution in [-0.2, 0) is 0 Å². The summed E-state index contributed by atoms with van der Waals surface area (Å²) in [6.45, 7) is 13.9. The Morgan fingerprint density at radius 3 is 2.33 bits per heavy atom. The maximum absolute atomic E-state index is 3.67. The molecule has 0 aromatic carbocycles. The maximum Gasteiger partial charge on any atom is 0.0243 e. The number of hydrogen-bond acceptors (Lipinski definition) is 2. The van der Waals surface area contributed by atoms with Crippen LogP contribution in [0.1, 0.15) is 60.3 Å². The van der Waals surface area contributed by atoms with Crippen molar-refractivity contribution in [1.82, 2.24) is 10.2 Å². The van der Waals surface area contributed by atoms with Crippen LogP contribution < -0.4 is 5.32 Å². The molecule has 1 fully saturated rings. The highest BCUT2D eigenvalue weighted by molar-refractivity contribution is 4.86. The largest absolute Gasteiger partial charge is 0.312 e. The van der Waals surface area contributed by atoms with Gasteiger partial charge in [0.2, 0.25) is 0 Å². The lowest BCUT2D eigenvalue weighted by molar-refractivity contribution is 0.104. The van der Waals surface area contributed by atoms with Gasteiger partial charge in [-0.05, 0) is 37.8 Å². The molecule has 108 valence electrons. The molecule has 3 atom stereocenters. The first-order valence-electron chi connectivity index (χ1n) is 7.80. The van der Waals surface area contributed by atoms with Crippen molar-refractivity contribution in [2.24, 2.45) is 11.3 Å². The predicted octanol–water partition coefficient (Wildman–Crippen LogP) is 3.52. The highest BCUT2D eigenvalue weighted by Gasteiger charge is 2.30. The van der Waals surface area contributed by atoms with E-state index in [-0.39, 0.29) is 0 Å². The second-order valence-corrected chi connectivity index (χ2v) is 7.24. The van der Waals surface area contributed by atoms with Crippen LogP contribution in [0.25, 0.3) is 0 Å². The number of hydrogen-bond donors (Lipinski definition) is 1. The first-order valence-corrected chi connectivity index (χ1v) is 7.80. The minimum absolute atomic E-state index is 0.335. The summed E-state index contributed by atoms with van der Waals surface area (Å²) in [5, 5.41) is 3.67. The fourth-order valence-electron chi connectivity index (χ4n) is 3.27. The SMILES string of the molecule is CCNC(CN(C)C1CCCCC1C)C(C)(C)C. The monoisotopic (exact) mass is 254 g/mol. The van der Waals surface area contributed by atoms with Crippen LogP contribution in [0.15, 0.2) is 0 Å². The molecule has 0 saturated heterocycles. The first-order chi connectivity index (χ1) is 8.36. The Balaban J connectivity index is 2.57. The van der Waals surface area contributed by atoms with E-state index in [4.69, 9.17) is 0 Å². The summed E-state index contributed by atoms with van der Waals surface area (Å²) in [4.78, 5) is 2.61. The summed E-state index contributed by atoms with van der Waals surface area (Å²) in [7, 11) is 2.32. The van der Waals surface area contributed by atoms with Gasteiger partial charge in [0.05, 0.1) is 0 Å². The minimum atomic E-state index is 0.335. The van der Waals surface area contributed by atoms with Crippen LogP contribution >= 0.6 is 0 Å². The summed E-state index contributed by atoms with van der Waals surface area (Å²) < 4.78 is 0. The van der Waals surface area contributed by atoms with Crippen molar-refractivity contribution in [1.29, 1.82) is 0 Å². The van der Waals surface area contributed by atoms with Gasteiger partial charge in [-0.2, -0.15) is 0 Å². The average molecular weight is 254 g/mol. The number of nitrogens with one attached hydrogen (secondary N) is 1. The van der Waals surface area contributed by atoms with Gasteiger partial charge in [-0.1, -0.05) is 47.5 Å². The van der Waals surface area contributed by atoms with E-state index in [0.717, 1.165) is 18.5 Å². The van der Waals surface area contributed by atoms with E-state index in [1.165, 1.54) is 32.2 Å². The number of nitrogens with zero attached hydrogens (tertiary/aromatic N) is 1. The molecule has 0 heterocycles. The smallest absolute Gasteiger partial charge is 0.0243 e. The fourth-order valence-corrected chi connectivity index (χ4v) is 3.27. The zero-order chi connectivity index (χ0) is 13.8. The Kier molecular flexibility index (Phi) is 6.13. The molecule has 3 unspecified atom stereocenters. The maximum atomic E-state index is 3.67. The molecule has 1 rings (SSSR count). The average Bonchev–Trinajstić information content (AvgIpc) is 2.27. The van der Waals surface area contributed by atoms with Gasteiger partial charge < -0.3 is 10.2 Å². The van der Waals surface area contributed by atoms with Crippen molar-refractivity contribution in [2.75, 3.05) is 20.1 Å². The van der Waals surface area contributed by atoms with Crippen LogP contribution in [0.5, 0.6) is 0 Å². The van der Waals surface area contributed by atoms with Gasteiger partial charge in [0.25, 0.3) is 0 Å². The summed E-state index contributed by atoms with van der Waals surface area (Å²) in [5.74, 6) is 0.867. The standard InChI is InChI=1S/C16H34N2/c1-7-17-15(16(3,4)5)12-18(6)14-11-9-8-10-13(14)2/h13-15,17H,7-12H2,1-6H3. The van der Waals surface area contributed by atoms with Crippen molar-refractivity contribution in [3.05, 3.63) is 0 Å². The fraction of sp³-hybridized carbons (Fsp3) is 1.00. The van der Waals surface area contributed by atoms with Crippen molar-refractivity contribution in [2.45, 2.75) is 72.4 Å². The minimum Gasteiger partial charge on any atom is -0.312 e. The van der Waals surface area contributed by atoms with E-state index in [0.29, 0.717) is 11.5 Å². The second kappa shape index (κ2) is 6.91. The zero-order valence-electron chi connectivity index (χ0n) is 13.4. The van der Waals surface area contributed by atoms with Crippen LogP contribution in [-0.4, -0.2) is 37.1 Å². The molecule has 1 N–H and O–H groups in total. The number of rotatable bonds is 5. The van der Waals surface area contributed by atoms with E-state index in [1.54, 1.807) is 0 Å². The molecule has 1 saturated carbocycles. The Morgan fingerprint density at radius 1 is 1.22 bits per heavy atom. The molecular weight excluding hydrogens is 220 g/mol. The van der Waals surface area contributed by atoms with E-state index in [2.05, 4.69) is 51.9 Å². The molecule has 0 spiro atoms. The quantitative estimate of drug-likeness (QED) is 0.807. The van der Waals surface area contributed by atoms with E-state index in [1.807, 2.05) is 0 Å². The van der Waals surface area contributed by atoms with E-state index in [9.17, 15) is 0 Å². The van der Waals surface area contributed by atoms with Crippen LogP contribution in [0.4, 0.5) is 0 Å². The van der Waals surface area contributed by atoms with Gasteiger partial charge in [-0.3, -0.25) is 0 Å². The van der Waals surface area contributed by atoms with E-state index < -0.39 is 0 Å². The molecule has 2 nitrogen and oxygen atoms in total. The van der Waals surface area contributed by atoms with Gasteiger partial charge in [0, 0.05) is 18.6 Å². The molecule has 2 heteroatoms. The Labute approximate surface area is 115 Å². The topological polar surface area (TPSA) is 15.3 Å². The third kappa shape index (κ3) is 4.55. The van der Waals surface area contributed by atoms with Gasteiger partial charge in [-0.25, -0.2) is 0 Å². The zero-order valence-corrected chi connectivity index (χ0v) is 13.4. The molecule has 0 radical (unpaired) electrons. The van der Waals surface area contributed by atoms with Crippen LogP contribution in [0, 0.1) is 11.3 Å². The van der Waals surface area contributed by atoms with Gasteiger partial charge in [0.15, 0.2) is 0 Å². The highest BCUT2D eigenvalue weighted by atomic mass is 15.2. The molecule has 1 aliphatic rings. The predicted molar refractivity (Wildman–Crippen MR) is 81.0 cm³/mol. The van der Waals surface area contributed by atoms with Crippen molar-refractivity contribution in [3.8, 4) is 0 Å². The molecule has 18 heavy (non-hydrogen) atoms. The van der Waals surface area contributed by atoms with Crippen molar-refractivity contribution >= 4 is 0 Å². The lowest BCUT2D eigenvalue weighted by Crippen LogP contribution is -2.51. The molecule has 0 amide bonds. The molecule has 1 aliphatic carbocycles. The van der Waals surface area contributed by atoms with Crippen molar-refractivity contribution < 1.29 is 0 Å². The molecule has 0 aromatic rings. The Hall–Kier alpha value is -0.0800. The first kappa shape index (κ1) is 16.0. The molecule has 0 aromatic heterocycles. The van der Waals surface area contributed by atoms with Crippen molar-refractivity contribution in [3.63, 3.8) is 0 Å². The second-order valence-electron chi connectivity index (χ2n) is 7.24. The van der Waals surface area contributed by atoms with Gasteiger partial charge >= 0.3 is 0 Å². The summed E-state index contributed by atoms with van der Waals surface area (Å²) in [6, 6.07) is 1.38. The van der Waals surface area contributed by atoms with E-state index >= 15 is 0 Å². The molecular formula is C16H34N2. The third-order valence-electron chi connectivity index (χ3n) is 4.60. The van der Waals surface area contributed by atoms with Gasteiger partial charge in [0.1, 0.15) is 0 Å². The third-order valence-corrected chi connectivity index (χ3v) is 4.60. The van der Waals surface area contributed by atoms with Gasteiger partial charge in [-0.15, -0.1) is 0 Å². The Bertz CT molecular complexity index is 232. The van der Waals surface area contributed by atoms with Crippen LogP contribution in [0.2, 0.25) is 0 Å². The molecule has 0 bridgehead atoms. The Morgan fingerprint density at radius 2 is 1.83 bits per heavy atom. The summed E-state index contributed by atoms with van der Waals surface area (Å²) in [5.41, 5.74) is 0.335. The highest BCUT2D eigenvalue weighted by Crippen LogP contribution is 2.29. The molecule has 0 aliphatic heterocycles.